The van der Waals surface area contributed by atoms with Gasteiger partial charge >= 0.3 is 0 Å². The first-order valence-corrected chi connectivity index (χ1v) is 6.34. The first-order valence-electron chi connectivity index (χ1n) is 5.46. The molecule has 0 saturated heterocycles. The van der Waals surface area contributed by atoms with Crippen molar-refractivity contribution in [1.29, 1.82) is 0 Å². The second kappa shape index (κ2) is 5.74. The average molecular weight is 267 g/mol. The highest BCUT2D eigenvalue weighted by Crippen LogP contribution is 2.05. The summed E-state index contributed by atoms with van der Waals surface area (Å²) >= 11 is 1.35. The molecule has 18 heavy (non-hydrogen) atoms. The highest BCUT2D eigenvalue weighted by molar-refractivity contribution is 7.15. The molecule has 96 valence electrons. The number of hydrogen-bond acceptors (Lipinski definition) is 5. The van der Waals surface area contributed by atoms with Gasteiger partial charge in [-0.3, -0.25) is 14.0 Å². The van der Waals surface area contributed by atoms with Gasteiger partial charge < -0.3 is 10.1 Å². The number of hydrogen-bond donors (Lipinski definition) is 1. The summed E-state index contributed by atoms with van der Waals surface area (Å²) in [7, 11) is 1.60. The van der Waals surface area contributed by atoms with Crippen molar-refractivity contribution in [3.63, 3.8) is 0 Å². The summed E-state index contributed by atoms with van der Waals surface area (Å²) in [5.74, 6) is -0.399. The minimum atomic E-state index is -0.399. The third-order valence-electron chi connectivity index (χ3n) is 2.40. The maximum absolute atomic E-state index is 12.0. The molecule has 0 radical (unpaired) electrons. The van der Waals surface area contributed by atoms with Crippen LogP contribution in [0.2, 0.25) is 0 Å². The molecule has 0 aromatic carbocycles. The van der Waals surface area contributed by atoms with Crippen LogP contribution in [0, 0.1) is 0 Å². The largest absolute Gasteiger partial charge is 0.385 e. The fourth-order valence-electron chi connectivity index (χ4n) is 1.49. The zero-order chi connectivity index (χ0) is 13.0. The first-order chi connectivity index (χ1) is 8.74. The lowest BCUT2D eigenvalue weighted by molar-refractivity contribution is 0.0946. The van der Waals surface area contributed by atoms with Crippen LogP contribution in [0.5, 0.6) is 0 Å². The second-order valence-corrected chi connectivity index (χ2v) is 4.51. The molecule has 0 fully saturated rings. The van der Waals surface area contributed by atoms with Gasteiger partial charge in [0.25, 0.3) is 11.5 Å². The molecule has 0 atom stereocenters. The van der Waals surface area contributed by atoms with Crippen LogP contribution >= 0.6 is 11.3 Å². The molecule has 1 N–H and O–H groups in total. The molecular weight excluding hydrogens is 254 g/mol. The topological polar surface area (TPSA) is 72.7 Å². The van der Waals surface area contributed by atoms with E-state index >= 15 is 0 Å². The molecule has 2 rings (SSSR count). The van der Waals surface area contributed by atoms with Gasteiger partial charge in [-0.25, -0.2) is 4.98 Å². The number of carbonyl (C=O) groups is 1. The number of thiazole rings is 1. The average Bonchev–Trinajstić information content (AvgIpc) is 2.84. The molecule has 2 aromatic rings. The number of ether oxygens (including phenoxy) is 1. The summed E-state index contributed by atoms with van der Waals surface area (Å²) in [6, 6.07) is 0. The van der Waals surface area contributed by atoms with E-state index in [9.17, 15) is 9.59 Å². The van der Waals surface area contributed by atoms with E-state index in [4.69, 9.17) is 4.74 Å². The van der Waals surface area contributed by atoms with Crippen molar-refractivity contribution in [3.8, 4) is 0 Å². The molecule has 0 spiro atoms. The van der Waals surface area contributed by atoms with E-state index in [0.29, 0.717) is 24.5 Å². The predicted molar refractivity (Wildman–Crippen MR) is 68.2 cm³/mol. The van der Waals surface area contributed by atoms with Crippen molar-refractivity contribution < 1.29 is 9.53 Å². The van der Waals surface area contributed by atoms with Crippen molar-refractivity contribution >= 4 is 22.2 Å². The van der Waals surface area contributed by atoms with Gasteiger partial charge in [-0.15, -0.1) is 11.3 Å². The summed E-state index contributed by atoms with van der Waals surface area (Å²) in [4.78, 5) is 28.4. The SMILES string of the molecule is COCCCNC(=O)c1cnc2sccn2c1=O. The lowest BCUT2D eigenvalue weighted by Gasteiger charge is -2.04. The van der Waals surface area contributed by atoms with Crippen molar-refractivity contribution in [2.75, 3.05) is 20.3 Å². The van der Waals surface area contributed by atoms with Crippen LogP contribution in [-0.2, 0) is 4.74 Å². The highest BCUT2D eigenvalue weighted by Gasteiger charge is 2.12. The Kier molecular flexibility index (Phi) is 4.06. The van der Waals surface area contributed by atoms with Crippen molar-refractivity contribution in [3.05, 3.63) is 33.7 Å². The Morgan fingerprint density at radius 1 is 1.61 bits per heavy atom. The van der Waals surface area contributed by atoms with Gasteiger partial charge in [0, 0.05) is 38.0 Å². The van der Waals surface area contributed by atoms with E-state index in [1.807, 2.05) is 0 Å². The van der Waals surface area contributed by atoms with E-state index in [1.165, 1.54) is 21.9 Å². The molecule has 1 amide bonds. The molecular formula is C11H13N3O3S. The second-order valence-electron chi connectivity index (χ2n) is 3.63. The summed E-state index contributed by atoms with van der Waals surface area (Å²) in [6.07, 6.45) is 3.63. The van der Waals surface area contributed by atoms with Crippen LogP contribution in [-0.4, -0.2) is 35.6 Å². The summed E-state index contributed by atoms with van der Waals surface area (Å²) in [5, 5.41) is 4.42. The molecule has 0 aliphatic heterocycles. The fraction of sp³-hybridized carbons (Fsp3) is 0.364. The monoisotopic (exact) mass is 267 g/mol. The quantitative estimate of drug-likeness (QED) is 0.802. The lowest BCUT2D eigenvalue weighted by atomic mass is 10.3. The number of methoxy groups -OCH3 is 1. The molecule has 0 bridgehead atoms. The predicted octanol–water partition coefficient (Wildman–Crippen LogP) is 0.522. The van der Waals surface area contributed by atoms with E-state index in [1.54, 1.807) is 18.7 Å². The zero-order valence-electron chi connectivity index (χ0n) is 9.88. The van der Waals surface area contributed by atoms with Crippen LogP contribution in [0.3, 0.4) is 0 Å². The number of fused-ring (bicyclic) bond motifs is 1. The zero-order valence-corrected chi connectivity index (χ0v) is 10.7. The van der Waals surface area contributed by atoms with Crippen molar-refractivity contribution in [1.82, 2.24) is 14.7 Å². The molecule has 7 heteroatoms. The smallest absolute Gasteiger partial charge is 0.271 e. The van der Waals surface area contributed by atoms with Crippen LogP contribution in [0.4, 0.5) is 0 Å². The van der Waals surface area contributed by atoms with Gasteiger partial charge in [0.1, 0.15) is 5.56 Å². The van der Waals surface area contributed by atoms with Gasteiger partial charge in [-0.1, -0.05) is 0 Å². The number of carbonyl (C=O) groups excluding carboxylic acids is 1. The van der Waals surface area contributed by atoms with Crippen molar-refractivity contribution in [2.24, 2.45) is 0 Å². The van der Waals surface area contributed by atoms with E-state index in [2.05, 4.69) is 10.3 Å². The number of nitrogens with one attached hydrogen (secondary N) is 1. The Hall–Kier alpha value is -1.73. The summed E-state index contributed by atoms with van der Waals surface area (Å²) in [5.41, 5.74) is -0.284. The highest BCUT2D eigenvalue weighted by atomic mass is 32.1. The maximum Gasteiger partial charge on any atom is 0.271 e. The minimum Gasteiger partial charge on any atom is -0.385 e. The number of aromatic nitrogens is 2. The molecule has 6 nitrogen and oxygen atoms in total. The Balaban J connectivity index is 2.13. The molecule has 0 aliphatic carbocycles. The fourth-order valence-corrected chi connectivity index (χ4v) is 2.17. The van der Waals surface area contributed by atoms with E-state index in [-0.39, 0.29) is 11.1 Å². The van der Waals surface area contributed by atoms with Gasteiger partial charge in [0.15, 0.2) is 4.96 Å². The lowest BCUT2D eigenvalue weighted by Crippen LogP contribution is -2.32. The number of amides is 1. The van der Waals surface area contributed by atoms with E-state index in [0.717, 1.165) is 0 Å². The van der Waals surface area contributed by atoms with E-state index < -0.39 is 5.91 Å². The van der Waals surface area contributed by atoms with Crippen LogP contribution in [0.1, 0.15) is 16.8 Å². The third-order valence-corrected chi connectivity index (χ3v) is 3.17. The Morgan fingerprint density at radius 2 is 2.44 bits per heavy atom. The van der Waals surface area contributed by atoms with Crippen LogP contribution in [0.15, 0.2) is 22.6 Å². The third kappa shape index (κ3) is 2.57. The minimum absolute atomic E-state index is 0.0586. The van der Waals surface area contributed by atoms with Gasteiger partial charge in [-0.05, 0) is 6.42 Å². The van der Waals surface area contributed by atoms with Gasteiger partial charge in [0.05, 0.1) is 0 Å². The summed E-state index contributed by atoms with van der Waals surface area (Å²) < 4.78 is 6.24. The number of rotatable bonds is 5. The van der Waals surface area contributed by atoms with Crippen LogP contribution < -0.4 is 10.9 Å². The van der Waals surface area contributed by atoms with Crippen molar-refractivity contribution in [2.45, 2.75) is 6.42 Å². The van der Waals surface area contributed by atoms with Gasteiger partial charge in [-0.2, -0.15) is 0 Å². The summed E-state index contributed by atoms with van der Waals surface area (Å²) in [6.45, 7) is 1.04. The molecule has 0 saturated carbocycles. The molecule has 2 aromatic heterocycles. The van der Waals surface area contributed by atoms with Gasteiger partial charge in [0.2, 0.25) is 0 Å². The normalized spacial score (nSPS) is 10.7. The Morgan fingerprint density at radius 3 is 3.22 bits per heavy atom. The Bertz CT molecular complexity index is 605. The number of nitrogens with zero attached hydrogens (tertiary/aromatic N) is 2. The van der Waals surface area contributed by atoms with Crippen LogP contribution in [0.25, 0.3) is 4.96 Å². The maximum atomic E-state index is 12.0. The Labute approximate surface area is 107 Å². The molecule has 0 aliphatic rings. The molecule has 0 unspecified atom stereocenters. The standard InChI is InChI=1S/C11H13N3O3S/c1-17-5-2-3-12-9(15)8-7-13-11-14(10(8)16)4-6-18-11/h4,6-7H,2-3,5H2,1H3,(H,12,15). The molecule has 2 heterocycles. The first kappa shape index (κ1) is 12.7.